The van der Waals surface area contributed by atoms with Crippen molar-refractivity contribution in [3.05, 3.63) is 33.1 Å². The molecule has 1 aromatic carbocycles. The summed E-state index contributed by atoms with van der Waals surface area (Å²) in [6, 6.07) is 0.956. The predicted molar refractivity (Wildman–Crippen MR) is 70.6 cm³/mol. The van der Waals surface area contributed by atoms with E-state index < -0.39 is 28.4 Å². The first-order chi connectivity index (χ1) is 9.32. The van der Waals surface area contributed by atoms with Crippen molar-refractivity contribution in [1.29, 1.82) is 0 Å². The maximum Gasteiger partial charge on any atom is 0.326 e. The number of carbonyl (C=O) groups is 1. The molecule has 1 fully saturated rings. The highest BCUT2D eigenvalue weighted by Gasteiger charge is 2.39. The first-order valence-electron chi connectivity index (χ1n) is 5.95. The first-order valence-corrected chi connectivity index (χ1v) is 6.33. The van der Waals surface area contributed by atoms with E-state index in [1.165, 1.54) is 4.90 Å². The summed E-state index contributed by atoms with van der Waals surface area (Å²) in [7, 11) is 0. The Balaban J connectivity index is 2.54. The lowest BCUT2D eigenvalue weighted by molar-refractivity contribution is -0.384. The van der Waals surface area contributed by atoms with Gasteiger partial charge in [0.2, 0.25) is 0 Å². The Morgan fingerprint density at radius 3 is 2.80 bits per heavy atom. The van der Waals surface area contributed by atoms with E-state index in [0.717, 1.165) is 12.1 Å². The molecule has 20 heavy (non-hydrogen) atoms. The second-order valence-corrected chi connectivity index (χ2v) is 5.16. The van der Waals surface area contributed by atoms with E-state index in [2.05, 4.69) is 0 Å². The van der Waals surface area contributed by atoms with Crippen LogP contribution in [0.5, 0.6) is 0 Å². The fraction of sp³-hybridized carbons (Fsp3) is 0.417. The molecule has 0 aliphatic carbocycles. The smallest absolute Gasteiger partial charge is 0.326 e. The van der Waals surface area contributed by atoms with Crippen molar-refractivity contribution >= 4 is 28.9 Å². The molecule has 108 valence electrons. The number of halogens is 2. The quantitative estimate of drug-likeness (QED) is 0.685. The second-order valence-electron chi connectivity index (χ2n) is 4.75. The Bertz CT molecular complexity index is 581. The summed E-state index contributed by atoms with van der Waals surface area (Å²) in [5.41, 5.74) is -0.439. The molecule has 0 spiro atoms. The van der Waals surface area contributed by atoms with Gasteiger partial charge in [0.1, 0.15) is 17.5 Å². The van der Waals surface area contributed by atoms with Crippen molar-refractivity contribution in [3.8, 4) is 0 Å². The van der Waals surface area contributed by atoms with Gasteiger partial charge in [-0.1, -0.05) is 18.5 Å². The van der Waals surface area contributed by atoms with Gasteiger partial charge >= 0.3 is 5.97 Å². The minimum Gasteiger partial charge on any atom is -0.480 e. The molecule has 8 heteroatoms. The number of nitro benzene ring substituents is 1. The SMILES string of the molecule is CC1CCN(c2cc(Cl)c(F)cc2[N+](=O)[O-])C1C(=O)O. The van der Waals surface area contributed by atoms with Crippen molar-refractivity contribution in [2.75, 3.05) is 11.4 Å². The van der Waals surface area contributed by atoms with Gasteiger partial charge in [0, 0.05) is 6.54 Å². The van der Waals surface area contributed by atoms with Gasteiger partial charge < -0.3 is 10.0 Å². The molecular weight excluding hydrogens is 291 g/mol. The van der Waals surface area contributed by atoms with Gasteiger partial charge in [-0.15, -0.1) is 0 Å². The highest BCUT2D eigenvalue weighted by molar-refractivity contribution is 6.31. The zero-order chi connectivity index (χ0) is 15.0. The zero-order valence-electron chi connectivity index (χ0n) is 10.5. The van der Waals surface area contributed by atoms with Crippen LogP contribution in [-0.4, -0.2) is 28.6 Å². The number of carboxylic acid groups (broad SMARTS) is 1. The number of carboxylic acids is 1. The van der Waals surface area contributed by atoms with Crippen molar-refractivity contribution in [2.45, 2.75) is 19.4 Å². The topological polar surface area (TPSA) is 83.7 Å². The van der Waals surface area contributed by atoms with Crippen LogP contribution < -0.4 is 4.90 Å². The molecule has 1 aromatic rings. The molecule has 0 radical (unpaired) electrons. The molecule has 1 saturated heterocycles. The number of hydrogen-bond donors (Lipinski definition) is 1. The van der Waals surface area contributed by atoms with Crippen molar-refractivity contribution in [2.24, 2.45) is 5.92 Å². The van der Waals surface area contributed by atoms with Crippen LogP contribution in [0.3, 0.4) is 0 Å². The summed E-state index contributed by atoms with van der Waals surface area (Å²) in [6.45, 7) is 2.11. The third-order valence-corrected chi connectivity index (χ3v) is 3.77. The number of benzene rings is 1. The van der Waals surface area contributed by atoms with Crippen LogP contribution in [0.4, 0.5) is 15.8 Å². The second kappa shape index (κ2) is 5.24. The van der Waals surface area contributed by atoms with Crippen LogP contribution in [-0.2, 0) is 4.79 Å². The molecule has 2 rings (SSSR count). The number of aliphatic carboxylic acids is 1. The summed E-state index contributed by atoms with van der Waals surface area (Å²) >= 11 is 5.66. The summed E-state index contributed by atoms with van der Waals surface area (Å²) in [4.78, 5) is 23.0. The van der Waals surface area contributed by atoms with Crippen molar-refractivity contribution in [1.82, 2.24) is 0 Å². The maximum absolute atomic E-state index is 13.4. The van der Waals surface area contributed by atoms with E-state index >= 15 is 0 Å². The van der Waals surface area contributed by atoms with Gasteiger partial charge in [-0.05, 0) is 18.4 Å². The first kappa shape index (κ1) is 14.5. The largest absolute Gasteiger partial charge is 0.480 e. The maximum atomic E-state index is 13.4. The molecule has 1 aliphatic rings. The normalized spacial score (nSPS) is 22.1. The Morgan fingerprint density at radius 1 is 1.60 bits per heavy atom. The molecule has 0 saturated carbocycles. The highest BCUT2D eigenvalue weighted by atomic mass is 35.5. The van der Waals surface area contributed by atoms with Crippen LogP contribution in [0.1, 0.15) is 13.3 Å². The number of nitro groups is 1. The lowest BCUT2D eigenvalue weighted by Crippen LogP contribution is -2.39. The van der Waals surface area contributed by atoms with E-state index in [1.807, 2.05) is 0 Å². The fourth-order valence-electron chi connectivity index (χ4n) is 2.50. The van der Waals surface area contributed by atoms with Crippen LogP contribution in [0, 0.1) is 21.8 Å². The fourth-order valence-corrected chi connectivity index (χ4v) is 2.65. The van der Waals surface area contributed by atoms with E-state index in [0.29, 0.717) is 13.0 Å². The molecule has 6 nitrogen and oxygen atoms in total. The number of rotatable bonds is 3. The third kappa shape index (κ3) is 2.40. The number of anilines is 1. The average Bonchev–Trinajstić information content (AvgIpc) is 2.73. The van der Waals surface area contributed by atoms with E-state index in [9.17, 15) is 24.4 Å². The monoisotopic (exact) mass is 302 g/mol. The van der Waals surface area contributed by atoms with Gasteiger partial charge in [0.05, 0.1) is 16.0 Å². The Hall–Kier alpha value is -1.89. The van der Waals surface area contributed by atoms with Gasteiger partial charge in [-0.2, -0.15) is 0 Å². The Kier molecular flexibility index (Phi) is 3.80. The van der Waals surface area contributed by atoms with Gasteiger partial charge in [0.15, 0.2) is 0 Å². The standard InChI is InChI=1S/C12H12ClFN2O4/c1-6-2-3-15(11(6)12(17)18)9-4-7(13)8(14)5-10(9)16(19)20/h4-6,11H,2-3H2,1H3,(H,17,18). The molecule has 0 amide bonds. The predicted octanol–water partition coefficient (Wildman–Crippen LogP) is 2.69. The van der Waals surface area contributed by atoms with Crippen LogP contribution in [0.25, 0.3) is 0 Å². The minimum absolute atomic E-state index is 0.0400. The van der Waals surface area contributed by atoms with Crippen LogP contribution >= 0.6 is 11.6 Å². The molecule has 1 aliphatic heterocycles. The average molecular weight is 303 g/mol. The van der Waals surface area contributed by atoms with Crippen molar-refractivity contribution in [3.63, 3.8) is 0 Å². The molecule has 2 unspecified atom stereocenters. The molecule has 1 N–H and O–H groups in total. The lowest BCUT2D eigenvalue weighted by Gasteiger charge is -2.25. The molecule has 1 heterocycles. The van der Waals surface area contributed by atoms with E-state index in [-0.39, 0.29) is 16.6 Å². The molecular formula is C12H12ClFN2O4. The molecule has 0 aromatic heterocycles. The molecule has 0 bridgehead atoms. The molecule has 2 atom stereocenters. The number of nitrogens with zero attached hydrogens (tertiary/aromatic N) is 2. The Labute approximate surface area is 118 Å². The summed E-state index contributed by atoms with van der Waals surface area (Å²) < 4.78 is 13.4. The number of hydrogen-bond acceptors (Lipinski definition) is 4. The Morgan fingerprint density at radius 2 is 2.25 bits per heavy atom. The van der Waals surface area contributed by atoms with Crippen molar-refractivity contribution < 1.29 is 19.2 Å². The van der Waals surface area contributed by atoms with E-state index in [1.54, 1.807) is 6.92 Å². The van der Waals surface area contributed by atoms with Gasteiger partial charge in [-0.3, -0.25) is 10.1 Å². The lowest BCUT2D eigenvalue weighted by atomic mass is 10.0. The summed E-state index contributed by atoms with van der Waals surface area (Å²) in [6.07, 6.45) is 0.586. The summed E-state index contributed by atoms with van der Waals surface area (Å²) in [5.74, 6) is -2.12. The zero-order valence-corrected chi connectivity index (χ0v) is 11.3. The summed E-state index contributed by atoms with van der Waals surface area (Å²) in [5, 5.41) is 20.0. The van der Waals surface area contributed by atoms with Gasteiger partial charge in [0.25, 0.3) is 5.69 Å². The van der Waals surface area contributed by atoms with Crippen LogP contribution in [0.15, 0.2) is 12.1 Å². The highest BCUT2D eigenvalue weighted by Crippen LogP contribution is 2.38. The van der Waals surface area contributed by atoms with E-state index in [4.69, 9.17) is 11.6 Å². The van der Waals surface area contributed by atoms with Gasteiger partial charge in [-0.25, -0.2) is 9.18 Å². The van der Waals surface area contributed by atoms with Crippen LogP contribution in [0.2, 0.25) is 5.02 Å². The third-order valence-electron chi connectivity index (χ3n) is 3.48. The minimum atomic E-state index is -1.07.